The Kier molecular flexibility index (Phi) is 3.73. The van der Waals surface area contributed by atoms with E-state index in [2.05, 4.69) is 39.2 Å². The molecule has 2 fully saturated rings. The zero-order valence-electron chi connectivity index (χ0n) is 12.0. The second kappa shape index (κ2) is 5.49. The molecule has 106 valence electrons. The lowest BCUT2D eigenvalue weighted by molar-refractivity contribution is 0.293. The summed E-state index contributed by atoms with van der Waals surface area (Å²) in [6.07, 6.45) is 6.43. The van der Waals surface area contributed by atoms with E-state index in [0.29, 0.717) is 0 Å². The van der Waals surface area contributed by atoms with Gasteiger partial charge in [0.2, 0.25) is 5.95 Å². The van der Waals surface area contributed by atoms with Crippen LogP contribution in [0, 0.1) is 5.92 Å². The van der Waals surface area contributed by atoms with E-state index >= 15 is 0 Å². The first-order chi connectivity index (χ1) is 9.30. The van der Waals surface area contributed by atoms with E-state index in [1.807, 2.05) is 0 Å². The summed E-state index contributed by atoms with van der Waals surface area (Å²) in [5.74, 6) is 2.87. The summed E-state index contributed by atoms with van der Waals surface area (Å²) in [6.45, 7) is 6.11. The first-order valence-corrected chi connectivity index (χ1v) is 7.72. The maximum absolute atomic E-state index is 4.40. The summed E-state index contributed by atoms with van der Waals surface area (Å²) in [6, 6.07) is 1.52. The lowest BCUT2D eigenvalue weighted by Crippen LogP contribution is -2.38. The van der Waals surface area contributed by atoms with Crippen molar-refractivity contribution >= 4 is 5.95 Å². The highest BCUT2D eigenvalue weighted by Gasteiger charge is 2.34. The molecule has 0 aromatic carbocycles. The minimum absolute atomic E-state index is 0.759. The SMILES string of the molecule is CCNc1nnc(CC2CC3CCC(C2)N3)n1CC. The second-order valence-electron chi connectivity index (χ2n) is 5.89. The Morgan fingerprint density at radius 2 is 1.95 bits per heavy atom. The Labute approximate surface area is 115 Å². The van der Waals surface area contributed by atoms with Crippen LogP contribution in [0.3, 0.4) is 0 Å². The zero-order chi connectivity index (χ0) is 13.2. The van der Waals surface area contributed by atoms with Gasteiger partial charge in [0.1, 0.15) is 5.82 Å². The first kappa shape index (κ1) is 12.9. The van der Waals surface area contributed by atoms with Crippen molar-refractivity contribution in [1.29, 1.82) is 0 Å². The minimum Gasteiger partial charge on any atom is -0.355 e. The van der Waals surface area contributed by atoms with E-state index in [-0.39, 0.29) is 0 Å². The Morgan fingerprint density at radius 3 is 2.58 bits per heavy atom. The molecule has 0 saturated carbocycles. The first-order valence-electron chi connectivity index (χ1n) is 7.72. The summed E-state index contributed by atoms with van der Waals surface area (Å²) in [5, 5.41) is 15.7. The fourth-order valence-corrected chi connectivity index (χ4v) is 3.71. The maximum atomic E-state index is 4.40. The Balaban J connectivity index is 1.69. The molecule has 0 spiro atoms. The lowest BCUT2D eigenvalue weighted by atomic mass is 9.89. The van der Waals surface area contributed by atoms with Crippen LogP contribution in [0.1, 0.15) is 45.4 Å². The number of piperidine rings is 1. The molecule has 5 nitrogen and oxygen atoms in total. The number of anilines is 1. The van der Waals surface area contributed by atoms with Gasteiger partial charge in [-0.3, -0.25) is 4.57 Å². The summed E-state index contributed by atoms with van der Waals surface area (Å²) < 4.78 is 2.23. The van der Waals surface area contributed by atoms with Crippen molar-refractivity contribution in [1.82, 2.24) is 20.1 Å². The van der Waals surface area contributed by atoms with Gasteiger partial charge in [0.05, 0.1) is 0 Å². The highest BCUT2D eigenvalue weighted by molar-refractivity contribution is 5.25. The highest BCUT2D eigenvalue weighted by Crippen LogP contribution is 2.32. The molecule has 0 amide bonds. The molecule has 1 aromatic rings. The average molecular weight is 263 g/mol. The van der Waals surface area contributed by atoms with Gasteiger partial charge in [-0.25, -0.2) is 0 Å². The molecule has 2 saturated heterocycles. The molecule has 3 heterocycles. The molecule has 2 aliphatic heterocycles. The van der Waals surface area contributed by atoms with Crippen molar-refractivity contribution in [3.63, 3.8) is 0 Å². The third kappa shape index (κ3) is 2.61. The van der Waals surface area contributed by atoms with Crippen LogP contribution in [0.25, 0.3) is 0 Å². The van der Waals surface area contributed by atoms with E-state index in [1.54, 1.807) is 0 Å². The van der Waals surface area contributed by atoms with Crippen LogP contribution in [0.2, 0.25) is 0 Å². The molecule has 2 unspecified atom stereocenters. The zero-order valence-corrected chi connectivity index (χ0v) is 12.0. The van der Waals surface area contributed by atoms with Gasteiger partial charge in [-0.2, -0.15) is 0 Å². The fraction of sp³-hybridized carbons (Fsp3) is 0.857. The van der Waals surface area contributed by atoms with Crippen LogP contribution in [0.4, 0.5) is 5.95 Å². The largest absolute Gasteiger partial charge is 0.355 e. The van der Waals surface area contributed by atoms with Crippen LogP contribution in [0.5, 0.6) is 0 Å². The van der Waals surface area contributed by atoms with Crippen LogP contribution < -0.4 is 10.6 Å². The van der Waals surface area contributed by atoms with Gasteiger partial charge in [-0.15, -0.1) is 10.2 Å². The molecule has 0 radical (unpaired) electrons. The van der Waals surface area contributed by atoms with Gasteiger partial charge in [-0.1, -0.05) is 0 Å². The van der Waals surface area contributed by atoms with Crippen LogP contribution in [-0.4, -0.2) is 33.4 Å². The number of aromatic nitrogens is 3. The van der Waals surface area contributed by atoms with E-state index in [9.17, 15) is 0 Å². The van der Waals surface area contributed by atoms with E-state index < -0.39 is 0 Å². The van der Waals surface area contributed by atoms with Gasteiger partial charge < -0.3 is 10.6 Å². The molecule has 2 bridgehead atoms. The minimum atomic E-state index is 0.759. The maximum Gasteiger partial charge on any atom is 0.224 e. The Hall–Kier alpha value is -1.10. The molecule has 3 rings (SSSR count). The van der Waals surface area contributed by atoms with Crippen LogP contribution in [-0.2, 0) is 13.0 Å². The van der Waals surface area contributed by atoms with E-state index in [0.717, 1.165) is 49.3 Å². The van der Waals surface area contributed by atoms with Crippen molar-refractivity contribution < 1.29 is 0 Å². The number of nitrogens with one attached hydrogen (secondary N) is 2. The molecule has 2 N–H and O–H groups in total. The summed E-state index contributed by atoms with van der Waals surface area (Å²) in [4.78, 5) is 0. The molecular weight excluding hydrogens is 238 g/mol. The predicted octanol–water partition coefficient (Wildman–Crippen LogP) is 1.80. The van der Waals surface area contributed by atoms with Gasteiger partial charge in [-0.05, 0) is 45.4 Å². The number of hydrogen-bond acceptors (Lipinski definition) is 4. The van der Waals surface area contributed by atoms with Gasteiger partial charge in [0, 0.05) is 31.6 Å². The Bertz CT molecular complexity index is 415. The van der Waals surface area contributed by atoms with E-state index in [4.69, 9.17) is 0 Å². The van der Waals surface area contributed by atoms with Gasteiger partial charge >= 0.3 is 0 Å². The summed E-state index contributed by atoms with van der Waals surface area (Å²) >= 11 is 0. The van der Waals surface area contributed by atoms with Gasteiger partial charge in [0.15, 0.2) is 0 Å². The predicted molar refractivity (Wildman–Crippen MR) is 76.2 cm³/mol. The number of rotatable bonds is 5. The number of nitrogens with zero attached hydrogens (tertiary/aromatic N) is 3. The lowest BCUT2D eigenvalue weighted by Gasteiger charge is -2.28. The molecule has 1 aromatic heterocycles. The number of fused-ring (bicyclic) bond motifs is 2. The number of hydrogen-bond donors (Lipinski definition) is 2. The van der Waals surface area contributed by atoms with Crippen molar-refractivity contribution in [2.75, 3.05) is 11.9 Å². The Morgan fingerprint density at radius 1 is 1.21 bits per heavy atom. The topological polar surface area (TPSA) is 54.8 Å². The quantitative estimate of drug-likeness (QED) is 0.850. The monoisotopic (exact) mass is 263 g/mol. The normalized spacial score (nSPS) is 29.7. The molecule has 19 heavy (non-hydrogen) atoms. The second-order valence-corrected chi connectivity index (χ2v) is 5.89. The van der Waals surface area contributed by atoms with E-state index in [1.165, 1.54) is 25.7 Å². The van der Waals surface area contributed by atoms with Crippen molar-refractivity contribution in [3.05, 3.63) is 5.82 Å². The van der Waals surface area contributed by atoms with Crippen molar-refractivity contribution in [3.8, 4) is 0 Å². The molecule has 2 aliphatic rings. The third-order valence-electron chi connectivity index (χ3n) is 4.52. The standard InChI is InChI=1S/C14H25N5/c1-3-15-14-18-17-13(19(14)4-2)9-10-7-11-5-6-12(8-10)16-11/h10-12,16H,3-9H2,1-2H3,(H,15,18). The van der Waals surface area contributed by atoms with Crippen molar-refractivity contribution in [2.24, 2.45) is 5.92 Å². The van der Waals surface area contributed by atoms with Crippen LogP contribution >= 0.6 is 0 Å². The third-order valence-corrected chi connectivity index (χ3v) is 4.52. The average Bonchev–Trinajstić information content (AvgIpc) is 2.94. The smallest absolute Gasteiger partial charge is 0.224 e. The molecular formula is C14H25N5. The van der Waals surface area contributed by atoms with Crippen molar-refractivity contribution in [2.45, 2.75) is 64.6 Å². The molecule has 5 heteroatoms. The molecule has 0 aliphatic carbocycles. The highest BCUT2D eigenvalue weighted by atomic mass is 15.3. The van der Waals surface area contributed by atoms with Crippen LogP contribution in [0.15, 0.2) is 0 Å². The van der Waals surface area contributed by atoms with Gasteiger partial charge in [0.25, 0.3) is 0 Å². The summed E-state index contributed by atoms with van der Waals surface area (Å²) in [7, 11) is 0. The molecule has 2 atom stereocenters. The summed E-state index contributed by atoms with van der Waals surface area (Å²) in [5.41, 5.74) is 0. The fourth-order valence-electron chi connectivity index (χ4n) is 3.71.